The molecule has 3 aromatic rings. The molecule has 1 aromatic heterocycles. The van der Waals surface area contributed by atoms with Crippen molar-refractivity contribution in [3.8, 4) is 17.5 Å². The van der Waals surface area contributed by atoms with Crippen LogP contribution in [0.1, 0.15) is 21.6 Å². The van der Waals surface area contributed by atoms with Crippen molar-refractivity contribution in [2.75, 3.05) is 0 Å². The molecule has 0 aliphatic heterocycles. The lowest BCUT2D eigenvalue weighted by molar-refractivity contribution is 0.105. The van der Waals surface area contributed by atoms with Gasteiger partial charge in [-0.2, -0.15) is 5.10 Å². The second kappa shape index (κ2) is 6.11. The number of carbonyl (C=O) groups excluding carboxylic acids is 1. The molecule has 106 valence electrons. The summed E-state index contributed by atoms with van der Waals surface area (Å²) in [5.41, 5.74) is 3.19. The lowest BCUT2D eigenvalue weighted by Crippen LogP contribution is -2.00. The first-order chi connectivity index (χ1) is 10.8. The van der Waals surface area contributed by atoms with E-state index in [9.17, 15) is 4.79 Å². The van der Waals surface area contributed by atoms with Crippen molar-refractivity contribution in [3.05, 3.63) is 83.7 Å². The third-order valence-electron chi connectivity index (χ3n) is 3.28. The molecule has 3 heteroatoms. The van der Waals surface area contributed by atoms with Gasteiger partial charge in [-0.25, -0.2) is 4.68 Å². The molecule has 0 atom stereocenters. The Balaban J connectivity index is 1.96. The van der Waals surface area contributed by atoms with Gasteiger partial charge in [-0.3, -0.25) is 4.79 Å². The fourth-order valence-electron chi connectivity index (χ4n) is 2.12. The molecule has 0 radical (unpaired) electrons. The van der Waals surface area contributed by atoms with Crippen LogP contribution in [0.15, 0.2) is 66.9 Å². The Morgan fingerprint density at radius 3 is 2.32 bits per heavy atom. The van der Waals surface area contributed by atoms with Gasteiger partial charge in [0.1, 0.15) is 5.69 Å². The van der Waals surface area contributed by atoms with Crippen molar-refractivity contribution in [2.45, 2.75) is 6.92 Å². The molecule has 0 saturated carbocycles. The number of hydrogen-bond acceptors (Lipinski definition) is 2. The van der Waals surface area contributed by atoms with Gasteiger partial charge in [-0.1, -0.05) is 48.5 Å². The smallest absolute Gasteiger partial charge is 0.236 e. The number of carbonyl (C=O) groups is 1. The average molecular weight is 286 g/mol. The van der Waals surface area contributed by atoms with Crippen LogP contribution in [0, 0.1) is 18.8 Å². The van der Waals surface area contributed by atoms with Crippen molar-refractivity contribution in [3.63, 3.8) is 0 Å². The van der Waals surface area contributed by atoms with E-state index in [2.05, 4.69) is 16.9 Å². The van der Waals surface area contributed by atoms with Crippen LogP contribution in [0.4, 0.5) is 0 Å². The molecule has 0 spiro atoms. The molecule has 0 unspecified atom stereocenters. The predicted octanol–water partition coefficient (Wildman–Crippen LogP) is 3.42. The highest BCUT2D eigenvalue weighted by molar-refractivity contribution is 6.09. The summed E-state index contributed by atoms with van der Waals surface area (Å²) in [5.74, 6) is 5.47. The highest BCUT2D eigenvalue weighted by atomic mass is 16.1. The summed E-state index contributed by atoms with van der Waals surface area (Å²) in [6.45, 7) is 1.93. The Hall–Kier alpha value is -3.12. The van der Waals surface area contributed by atoms with Gasteiger partial charge < -0.3 is 0 Å². The summed E-state index contributed by atoms with van der Waals surface area (Å²) in [7, 11) is 0. The van der Waals surface area contributed by atoms with Gasteiger partial charge in [-0.05, 0) is 30.9 Å². The molecule has 1 heterocycles. The average Bonchev–Trinajstić information content (AvgIpc) is 2.95. The molecular weight excluding hydrogens is 272 g/mol. The first-order valence-corrected chi connectivity index (χ1v) is 6.97. The first-order valence-electron chi connectivity index (χ1n) is 6.97. The maximum absolute atomic E-state index is 12.1. The van der Waals surface area contributed by atoms with Gasteiger partial charge in [0.05, 0.1) is 11.9 Å². The maximum Gasteiger partial charge on any atom is 0.236 e. The minimum atomic E-state index is -0.194. The predicted molar refractivity (Wildman–Crippen MR) is 86.0 cm³/mol. The number of rotatable bonds is 2. The lowest BCUT2D eigenvalue weighted by Gasteiger charge is -2.03. The SMILES string of the molecule is Cc1cnn(-c2ccccc2)c1C#CC(=O)c1ccccc1. The van der Waals surface area contributed by atoms with Crippen LogP contribution < -0.4 is 0 Å². The number of benzene rings is 2. The monoisotopic (exact) mass is 286 g/mol. The number of hydrogen-bond donors (Lipinski definition) is 0. The molecule has 0 saturated heterocycles. The number of para-hydroxylation sites is 1. The molecular formula is C19H14N2O. The van der Waals surface area contributed by atoms with E-state index in [1.54, 1.807) is 23.0 Å². The Kier molecular flexibility index (Phi) is 3.84. The van der Waals surface area contributed by atoms with Gasteiger partial charge in [0.15, 0.2) is 0 Å². The van der Waals surface area contributed by atoms with Crippen LogP contribution in [0.25, 0.3) is 5.69 Å². The first kappa shape index (κ1) is 13.8. The summed E-state index contributed by atoms with van der Waals surface area (Å²) >= 11 is 0. The van der Waals surface area contributed by atoms with E-state index >= 15 is 0 Å². The fraction of sp³-hybridized carbons (Fsp3) is 0.0526. The Bertz CT molecular complexity index is 853. The van der Waals surface area contributed by atoms with Crippen molar-refractivity contribution in [1.29, 1.82) is 0 Å². The van der Waals surface area contributed by atoms with Crippen LogP contribution in [0.5, 0.6) is 0 Å². The van der Waals surface area contributed by atoms with Gasteiger partial charge in [0.25, 0.3) is 0 Å². The molecule has 3 nitrogen and oxygen atoms in total. The highest BCUT2D eigenvalue weighted by Crippen LogP contribution is 2.13. The summed E-state index contributed by atoms with van der Waals surface area (Å²) in [6.07, 6.45) is 1.75. The highest BCUT2D eigenvalue weighted by Gasteiger charge is 2.07. The Labute approximate surface area is 129 Å². The number of ketones is 1. The molecule has 0 amide bonds. The topological polar surface area (TPSA) is 34.9 Å². The second-order valence-electron chi connectivity index (χ2n) is 4.87. The molecule has 0 aliphatic rings. The zero-order valence-corrected chi connectivity index (χ0v) is 12.2. The van der Waals surface area contributed by atoms with E-state index < -0.39 is 0 Å². The zero-order chi connectivity index (χ0) is 15.4. The molecule has 0 aliphatic carbocycles. The fourth-order valence-corrected chi connectivity index (χ4v) is 2.12. The largest absolute Gasteiger partial charge is 0.279 e. The molecule has 3 rings (SSSR count). The van der Waals surface area contributed by atoms with Crippen LogP contribution >= 0.6 is 0 Å². The summed E-state index contributed by atoms with van der Waals surface area (Å²) in [5, 5.41) is 4.34. The van der Waals surface area contributed by atoms with Crippen molar-refractivity contribution in [1.82, 2.24) is 9.78 Å². The van der Waals surface area contributed by atoms with Gasteiger partial charge >= 0.3 is 0 Å². The minimum absolute atomic E-state index is 0.194. The van der Waals surface area contributed by atoms with E-state index in [0.29, 0.717) is 5.56 Å². The van der Waals surface area contributed by atoms with E-state index in [1.807, 2.05) is 55.5 Å². The van der Waals surface area contributed by atoms with E-state index in [0.717, 1.165) is 16.9 Å². The summed E-state index contributed by atoms with van der Waals surface area (Å²) < 4.78 is 1.75. The molecule has 0 fully saturated rings. The quantitative estimate of drug-likeness (QED) is 0.534. The molecule has 0 N–H and O–H groups in total. The van der Waals surface area contributed by atoms with E-state index in [4.69, 9.17) is 0 Å². The standard InChI is InChI=1S/C19H14N2O/c1-15-14-20-21(17-10-6-3-7-11-17)18(15)12-13-19(22)16-8-4-2-5-9-16/h2-11,14H,1H3. The summed E-state index contributed by atoms with van der Waals surface area (Å²) in [6, 6.07) is 18.8. The van der Waals surface area contributed by atoms with E-state index in [1.165, 1.54) is 0 Å². The molecule has 22 heavy (non-hydrogen) atoms. The Morgan fingerprint density at radius 2 is 1.64 bits per heavy atom. The van der Waals surface area contributed by atoms with Gasteiger partial charge in [0, 0.05) is 11.1 Å². The van der Waals surface area contributed by atoms with Crippen LogP contribution in [0.2, 0.25) is 0 Å². The molecule has 2 aromatic carbocycles. The lowest BCUT2D eigenvalue weighted by atomic mass is 10.1. The van der Waals surface area contributed by atoms with Gasteiger partial charge in [-0.15, -0.1) is 0 Å². The third-order valence-corrected chi connectivity index (χ3v) is 3.28. The van der Waals surface area contributed by atoms with Crippen molar-refractivity contribution >= 4 is 5.78 Å². The maximum atomic E-state index is 12.1. The number of aryl methyl sites for hydroxylation is 1. The number of aromatic nitrogens is 2. The molecule has 0 bridgehead atoms. The van der Waals surface area contributed by atoms with Crippen LogP contribution in [0.3, 0.4) is 0 Å². The minimum Gasteiger partial charge on any atom is -0.279 e. The number of Topliss-reactive ketones (excluding diaryl/α,β-unsaturated/α-hetero) is 1. The normalized spacial score (nSPS) is 9.86. The third kappa shape index (κ3) is 2.82. The second-order valence-corrected chi connectivity index (χ2v) is 4.87. The zero-order valence-electron chi connectivity index (χ0n) is 12.2. The van der Waals surface area contributed by atoms with Crippen LogP contribution in [-0.2, 0) is 0 Å². The van der Waals surface area contributed by atoms with Crippen LogP contribution in [-0.4, -0.2) is 15.6 Å². The van der Waals surface area contributed by atoms with Crippen molar-refractivity contribution in [2.24, 2.45) is 0 Å². The summed E-state index contributed by atoms with van der Waals surface area (Å²) in [4.78, 5) is 12.1. The van der Waals surface area contributed by atoms with E-state index in [-0.39, 0.29) is 5.78 Å². The number of nitrogens with zero attached hydrogens (tertiary/aromatic N) is 2. The van der Waals surface area contributed by atoms with Gasteiger partial charge in [0.2, 0.25) is 5.78 Å². The van der Waals surface area contributed by atoms with Crippen molar-refractivity contribution < 1.29 is 4.79 Å². The Morgan fingerprint density at radius 1 is 1.00 bits per heavy atom.